The lowest BCUT2D eigenvalue weighted by atomic mass is 10.1. The van der Waals surface area contributed by atoms with Gasteiger partial charge in [-0.15, -0.1) is 0 Å². The van der Waals surface area contributed by atoms with Crippen LogP contribution in [0.4, 0.5) is 0 Å². The molecule has 1 aromatic rings. The van der Waals surface area contributed by atoms with Crippen LogP contribution < -0.4 is 0 Å². The van der Waals surface area contributed by atoms with Crippen molar-refractivity contribution >= 4 is 11.9 Å². The van der Waals surface area contributed by atoms with Gasteiger partial charge in [0, 0.05) is 13.6 Å². The molecule has 15 heavy (non-hydrogen) atoms. The highest BCUT2D eigenvalue weighted by Gasteiger charge is 2.16. The summed E-state index contributed by atoms with van der Waals surface area (Å²) < 4.78 is 0. The average Bonchev–Trinajstić information content (AvgIpc) is 2.20. The fraction of sp³-hybridized carbons (Fsp3) is 0.273. The van der Waals surface area contributed by atoms with Crippen molar-refractivity contribution < 1.29 is 14.7 Å². The van der Waals surface area contributed by atoms with E-state index in [4.69, 9.17) is 5.11 Å². The zero-order valence-electron chi connectivity index (χ0n) is 8.73. The van der Waals surface area contributed by atoms with Gasteiger partial charge in [-0.1, -0.05) is 29.8 Å². The maximum absolute atomic E-state index is 11.0. The molecule has 1 aromatic carbocycles. The summed E-state index contributed by atoms with van der Waals surface area (Å²) in [5.41, 5.74) is 2.05. The van der Waals surface area contributed by atoms with Crippen molar-refractivity contribution in [3.05, 3.63) is 35.4 Å². The first-order chi connectivity index (χ1) is 7.00. The maximum atomic E-state index is 11.0. The van der Waals surface area contributed by atoms with E-state index in [2.05, 4.69) is 0 Å². The maximum Gasteiger partial charge on any atom is 0.394 e. The van der Waals surface area contributed by atoms with E-state index in [1.54, 1.807) is 0 Å². The number of hydrogen-bond acceptors (Lipinski definition) is 2. The summed E-state index contributed by atoms with van der Waals surface area (Å²) >= 11 is 0. The van der Waals surface area contributed by atoms with Crippen LogP contribution in [-0.4, -0.2) is 28.9 Å². The van der Waals surface area contributed by atoms with Gasteiger partial charge >= 0.3 is 11.9 Å². The van der Waals surface area contributed by atoms with E-state index in [0.29, 0.717) is 6.54 Å². The number of carboxylic acids is 1. The molecule has 0 saturated carbocycles. The third kappa shape index (κ3) is 3.09. The molecule has 0 fully saturated rings. The number of carboxylic acid groups (broad SMARTS) is 1. The van der Waals surface area contributed by atoms with Gasteiger partial charge in [-0.25, -0.2) is 4.79 Å². The lowest BCUT2D eigenvalue weighted by Gasteiger charge is -2.14. The van der Waals surface area contributed by atoms with Crippen LogP contribution in [0.15, 0.2) is 24.3 Å². The number of carbonyl (C=O) groups is 2. The van der Waals surface area contributed by atoms with Crippen molar-refractivity contribution in [3.63, 3.8) is 0 Å². The van der Waals surface area contributed by atoms with Crippen LogP contribution >= 0.6 is 0 Å². The topological polar surface area (TPSA) is 57.6 Å². The molecule has 0 bridgehead atoms. The van der Waals surface area contributed by atoms with Crippen LogP contribution in [0.1, 0.15) is 11.1 Å². The van der Waals surface area contributed by atoms with Gasteiger partial charge in [-0.3, -0.25) is 4.79 Å². The highest BCUT2D eigenvalue weighted by molar-refractivity contribution is 6.31. The van der Waals surface area contributed by atoms with Crippen molar-refractivity contribution in [2.24, 2.45) is 0 Å². The van der Waals surface area contributed by atoms with Gasteiger partial charge in [-0.05, 0) is 12.5 Å². The number of rotatable bonds is 2. The van der Waals surface area contributed by atoms with Gasteiger partial charge in [0.25, 0.3) is 0 Å². The van der Waals surface area contributed by atoms with Crippen molar-refractivity contribution in [2.75, 3.05) is 7.05 Å². The lowest BCUT2D eigenvalue weighted by molar-refractivity contribution is -0.155. The fourth-order valence-corrected chi connectivity index (χ4v) is 1.20. The molecule has 1 rings (SSSR count). The average molecular weight is 207 g/mol. The van der Waals surface area contributed by atoms with E-state index < -0.39 is 11.9 Å². The summed E-state index contributed by atoms with van der Waals surface area (Å²) in [6.07, 6.45) is 0. The Morgan fingerprint density at radius 1 is 1.27 bits per heavy atom. The predicted molar refractivity (Wildman–Crippen MR) is 55.3 cm³/mol. The van der Waals surface area contributed by atoms with Crippen molar-refractivity contribution in [1.82, 2.24) is 4.90 Å². The van der Waals surface area contributed by atoms with Gasteiger partial charge in [-0.2, -0.15) is 0 Å². The van der Waals surface area contributed by atoms with Gasteiger partial charge < -0.3 is 10.0 Å². The van der Waals surface area contributed by atoms with Gasteiger partial charge in [0.15, 0.2) is 0 Å². The molecule has 4 nitrogen and oxygen atoms in total. The van der Waals surface area contributed by atoms with Crippen LogP contribution in [0.3, 0.4) is 0 Å². The molecular formula is C11H13NO3. The van der Waals surface area contributed by atoms with E-state index in [-0.39, 0.29) is 0 Å². The second-order valence-corrected chi connectivity index (χ2v) is 3.45. The minimum Gasteiger partial charge on any atom is -0.474 e. The summed E-state index contributed by atoms with van der Waals surface area (Å²) in [6, 6.07) is 7.60. The summed E-state index contributed by atoms with van der Waals surface area (Å²) in [5, 5.41) is 8.48. The van der Waals surface area contributed by atoms with Gasteiger partial charge in [0.1, 0.15) is 0 Å². The van der Waals surface area contributed by atoms with Gasteiger partial charge in [0.05, 0.1) is 0 Å². The quantitative estimate of drug-likeness (QED) is 0.737. The monoisotopic (exact) mass is 207 g/mol. The fourth-order valence-electron chi connectivity index (χ4n) is 1.20. The van der Waals surface area contributed by atoms with Crippen molar-refractivity contribution in [3.8, 4) is 0 Å². The van der Waals surface area contributed by atoms with Crippen LogP contribution in [0.2, 0.25) is 0 Å². The number of aliphatic carboxylic acids is 1. The number of carbonyl (C=O) groups excluding carboxylic acids is 1. The first-order valence-corrected chi connectivity index (χ1v) is 4.54. The Morgan fingerprint density at radius 2 is 1.80 bits per heavy atom. The smallest absolute Gasteiger partial charge is 0.394 e. The molecule has 80 valence electrons. The second kappa shape index (κ2) is 4.59. The van der Waals surface area contributed by atoms with E-state index in [0.717, 1.165) is 11.1 Å². The zero-order chi connectivity index (χ0) is 11.4. The third-order valence-electron chi connectivity index (χ3n) is 2.07. The number of hydrogen-bond donors (Lipinski definition) is 1. The van der Waals surface area contributed by atoms with Crippen LogP contribution in [0.5, 0.6) is 0 Å². The summed E-state index contributed by atoms with van der Waals surface area (Å²) in [6.45, 7) is 2.28. The Bertz CT molecular complexity index is 370. The summed E-state index contributed by atoms with van der Waals surface area (Å²) in [5.74, 6) is -2.32. The van der Waals surface area contributed by atoms with Crippen molar-refractivity contribution in [2.45, 2.75) is 13.5 Å². The van der Waals surface area contributed by atoms with E-state index in [1.165, 1.54) is 11.9 Å². The first kappa shape index (κ1) is 11.2. The normalized spacial score (nSPS) is 9.73. The molecule has 0 aliphatic heterocycles. The number of aryl methyl sites for hydroxylation is 1. The number of benzene rings is 1. The van der Waals surface area contributed by atoms with Crippen LogP contribution in [0, 0.1) is 6.92 Å². The number of amides is 1. The minimum atomic E-state index is -1.43. The Kier molecular flexibility index (Phi) is 3.44. The number of likely N-dealkylation sites (N-methyl/N-ethyl adjacent to an activating group) is 1. The molecular weight excluding hydrogens is 194 g/mol. The molecule has 0 saturated heterocycles. The standard InChI is InChI=1S/C11H13NO3/c1-8-3-5-9(6-4-8)7-12(2)10(13)11(14)15/h3-6H,7H2,1-2H3,(H,14,15). The zero-order valence-corrected chi connectivity index (χ0v) is 8.73. The molecule has 0 atom stereocenters. The van der Waals surface area contributed by atoms with Gasteiger partial charge in [0.2, 0.25) is 0 Å². The molecule has 0 unspecified atom stereocenters. The van der Waals surface area contributed by atoms with Crippen molar-refractivity contribution in [1.29, 1.82) is 0 Å². The molecule has 1 N–H and O–H groups in total. The molecule has 0 radical (unpaired) electrons. The highest BCUT2D eigenvalue weighted by atomic mass is 16.4. The van der Waals surface area contributed by atoms with E-state index in [9.17, 15) is 9.59 Å². The molecule has 0 aliphatic carbocycles. The summed E-state index contributed by atoms with van der Waals surface area (Å²) in [4.78, 5) is 22.6. The Labute approximate surface area is 88.1 Å². The Hall–Kier alpha value is -1.84. The van der Waals surface area contributed by atoms with E-state index in [1.807, 2.05) is 31.2 Å². The SMILES string of the molecule is Cc1ccc(CN(C)C(=O)C(=O)O)cc1. The highest BCUT2D eigenvalue weighted by Crippen LogP contribution is 2.05. The molecule has 0 spiro atoms. The largest absolute Gasteiger partial charge is 0.474 e. The predicted octanol–water partition coefficient (Wildman–Crippen LogP) is 1.04. The minimum absolute atomic E-state index is 0.311. The third-order valence-corrected chi connectivity index (χ3v) is 2.07. The summed E-state index contributed by atoms with van der Waals surface area (Å²) in [7, 11) is 1.47. The molecule has 0 heterocycles. The molecule has 0 aliphatic rings. The Balaban J connectivity index is 2.66. The second-order valence-electron chi connectivity index (χ2n) is 3.45. The van der Waals surface area contributed by atoms with Crippen LogP contribution in [-0.2, 0) is 16.1 Å². The number of nitrogens with zero attached hydrogens (tertiary/aromatic N) is 1. The Morgan fingerprint density at radius 3 is 2.27 bits per heavy atom. The van der Waals surface area contributed by atoms with Crippen LogP contribution in [0.25, 0.3) is 0 Å². The molecule has 4 heteroatoms. The lowest BCUT2D eigenvalue weighted by Crippen LogP contribution is -2.32. The molecule has 1 amide bonds. The first-order valence-electron chi connectivity index (χ1n) is 4.54. The van der Waals surface area contributed by atoms with E-state index >= 15 is 0 Å². The molecule has 0 aromatic heterocycles.